The number of nitrogens with one attached hydrogen (secondary N) is 1. The van der Waals surface area contributed by atoms with E-state index in [1.54, 1.807) is 36.4 Å². The van der Waals surface area contributed by atoms with Crippen molar-refractivity contribution in [2.75, 3.05) is 12.3 Å². The van der Waals surface area contributed by atoms with Crippen LogP contribution in [0.25, 0.3) is 16.6 Å². The molecule has 0 atom stereocenters. The molecule has 1 N–H and O–H groups in total. The minimum atomic E-state index is -0.496. The van der Waals surface area contributed by atoms with Gasteiger partial charge in [0.05, 0.1) is 22.3 Å². The zero-order valence-corrected chi connectivity index (χ0v) is 21.8. The Morgan fingerprint density at radius 3 is 2.46 bits per heavy atom. The summed E-state index contributed by atoms with van der Waals surface area (Å²) in [5.41, 5.74) is 2.22. The van der Waals surface area contributed by atoms with Gasteiger partial charge in [0.1, 0.15) is 5.82 Å². The van der Waals surface area contributed by atoms with Crippen LogP contribution in [-0.4, -0.2) is 33.5 Å². The molecule has 0 aliphatic rings. The van der Waals surface area contributed by atoms with Crippen LogP contribution in [0.2, 0.25) is 0 Å². The molecule has 37 heavy (non-hydrogen) atoms. The first kappa shape index (κ1) is 26.3. The molecule has 0 fully saturated rings. The molecule has 0 aliphatic heterocycles. The van der Waals surface area contributed by atoms with Crippen LogP contribution in [0.3, 0.4) is 0 Å². The van der Waals surface area contributed by atoms with Gasteiger partial charge in [0, 0.05) is 17.7 Å². The van der Waals surface area contributed by atoms with Gasteiger partial charge in [-0.15, -0.1) is 0 Å². The van der Waals surface area contributed by atoms with Crippen LogP contribution in [0.1, 0.15) is 46.5 Å². The molecule has 0 spiro atoms. The van der Waals surface area contributed by atoms with Crippen molar-refractivity contribution in [2.45, 2.75) is 32.3 Å². The van der Waals surface area contributed by atoms with E-state index in [0.29, 0.717) is 34.8 Å². The standard InChI is InChI=1S/C29H28FN3O3S/c1-18(2)13-14-31-27(35)21-11-12-24-25(15-21)32-29(33(28(24)36)23-6-4-5-22(30)16-23)37-17-26(34)20-9-7-19(3)8-10-20/h4-12,15-16,18H,13-14,17H2,1-3H3,(H,31,35). The number of Topliss-reactive ketones (excluding diaryl/α,β-unsaturated/α-hetero) is 1. The molecule has 4 rings (SSSR count). The maximum atomic E-state index is 14.1. The van der Waals surface area contributed by atoms with E-state index in [9.17, 15) is 18.8 Å². The van der Waals surface area contributed by atoms with Crippen LogP contribution in [0.4, 0.5) is 4.39 Å². The summed E-state index contributed by atoms with van der Waals surface area (Å²) in [6.07, 6.45) is 0.853. The molecule has 1 heterocycles. The number of hydrogen-bond acceptors (Lipinski definition) is 5. The number of carbonyl (C=O) groups is 2. The van der Waals surface area contributed by atoms with Gasteiger partial charge in [0.2, 0.25) is 0 Å². The molecule has 0 radical (unpaired) electrons. The van der Waals surface area contributed by atoms with Crippen LogP contribution in [-0.2, 0) is 0 Å². The molecule has 190 valence electrons. The van der Waals surface area contributed by atoms with E-state index >= 15 is 0 Å². The molecule has 0 unspecified atom stereocenters. The Kier molecular flexibility index (Phi) is 8.18. The van der Waals surface area contributed by atoms with E-state index in [4.69, 9.17) is 0 Å². The lowest BCUT2D eigenvalue weighted by Crippen LogP contribution is -2.26. The number of hydrogen-bond donors (Lipinski definition) is 1. The molecule has 3 aromatic carbocycles. The van der Waals surface area contributed by atoms with Gasteiger partial charge in [-0.2, -0.15) is 0 Å². The topological polar surface area (TPSA) is 81.1 Å². The Morgan fingerprint density at radius 1 is 1.03 bits per heavy atom. The maximum Gasteiger partial charge on any atom is 0.266 e. The van der Waals surface area contributed by atoms with Gasteiger partial charge in [-0.25, -0.2) is 9.37 Å². The average Bonchev–Trinajstić information content (AvgIpc) is 2.87. The zero-order valence-electron chi connectivity index (χ0n) is 21.0. The van der Waals surface area contributed by atoms with Crippen LogP contribution < -0.4 is 10.9 Å². The number of amides is 1. The number of nitrogens with zero attached hydrogens (tertiary/aromatic N) is 2. The molecular formula is C29H28FN3O3S. The highest BCUT2D eigenvalue weighted by Crippen LogP contribution is 2.23. The maximum absolute atomic E-state index is 14.1. The number of fused-ring (bicyclic) bond motifs is 1. The fraction of sp³-hybridized carbons (Fsp3) is 0.241. The first-order valence-corrected chi connectivity index (χ1v) is 13.0. The lowest BCUT2D eigenvalue weighted by atomic mass is 10.1. The number of aromatic nitrogens is 2. The highest BCUT2D eigenvalue weighted by molar-refractivity contribution is 7.99. The van der Waals surface area contributed by atoms with Gasteiger partial charge in [-0.3, -0.25) is 19.0 Å². The number of ketones is 1. The Labute approximate surface area is 218 Å². The first-order valence-electron chi connectivity index (χ1n) is 12.1. The summed E-state index contributed by atoms with van der Waals surface area (Å²) in [7, 11) is 0. The molecule has 0 saturated heterocycles. The van der Waals surface area contributed by atoms with Crippen molar-refractivity contribution >= 4 is 34.4 Å². The third-order valence-corrected chi connectivity index (χ3v) is 6.82. The third-order valence-electron chi connectivity index (χ3n) is 5.88. The monoisotopic (exact) mass is 517 g/mol. The molecule has 0 saturated carbocycles. The van der Waals surface area contributed by atoms with E-state index in [1.165, 1.54) is 22.8 Å². The average molecular weight is 518 g/mol. The van der Waals surface area contributed by atoms with E-state index < -0.39 is 11.4 Å². The van der Waals surface area contributed by atoms with E-state index in [-0.39, 0.29) is 28.0 Å². The molecule has 4 aromatic rings. The summed E-state index contributed by atoms with van der Waals surface area (Å²) in [5, 5.41) is 3.41. The highest BCUT2D eigenvalue weighted by atomic mass is 32.2. The molecule has 8 heteroatoms. The van der Waals surface area contributed by atoms with Gasteiger partial charge >= 0.3 is 0 Å². The molecule has 1 aromatic heterocycles. The summed E-state index contributed by atoms with van der Waals surface area (Å²) in [6.45, 7) is 6.65. The molecular weight excluding hydrogens is 489 g/mol. The third kappa shape index (κ3) is 6.32. The van der Waals surface area contributed by atoms with Crippen molar-refractivity contribution in [1.29, 1.82) is 0 Å². The SMILES string of the molecule is Cc1ccc(C(=O)CSc2nc3cc(C(=O)NCCC(C)C)ccc3c(=O)n2-c2cccc(F)c2)cc1. The second kappa shape index (κ2) is 11.5. The summed E-state index contributed by atoms with van der Waals surface area (Å²) in [4.78, 5) is 43.7. The Morgan fingerprint density at radius 2 is 1.76 bits per heavy atom. The lowest BCUT2D eigenvalue weighted by molar-refractivity contribution is 0.0951. The molecule has 0 aliphatic carbocycles. The number of benzene rings is 3. The van der Waals surface area contributed by atoms with Crippen molar-refractivity contribution < 1.29 is 14.0 Å². The fourth-order valence-electron chi connectivity index (χ4n) is 3.78. The van der Waals surface area contributed by atoms with Crippen molar-refractivity contribution in [2.24, 2.45) is 5.92 Å². The minimum Gasteiger partial charge on any atom is -0.352 e. The van der Waals surface area contributed by atoms with E-state index in [2.05, 4.69) is 24.1 Å². The number of thioether (sulfide) groups is 1. The van der Waals surface area contributed by atoms with Gasteiger partial charge in [0.25, 0.3) is 11.5 Å². The van der Waals surface area contributed by atoms with Gasteiger partial charge < -0.3 is 5.32 Å². The fourth-order valence-corrected chi connectivity index (χ4v) is 4.68. The van der Waals surface area contributed by atoms with Crippen LogP contribution in [0.15, 0.2) is 76.7 Å². The summed E-state index contributed by atoms with van der Waals surface area (Å²) >= 11 is 1.09. The van der Waals surface area contributed by atoms with Crippen LogP contribution in [0.5, 0.6) is 0 Å². The predicted molar refractivity (Wildman–Crippen MR) is 145 cm³/mol. The van der Waals surface area contributed by atoms with Crippen molar-refractivity contribution in [3.63, 3.8) is 0 Å². The lowest BCUT2D eigenvalue weighted by Gasteiger charge is -2.14. The number of halogens is 1. The normalized spacial score (nSPS) is 11.2. The Balaban J connectivity index is 1.72. The van der Waals surface area contributed by atoms with Crippen LogP contribution in [0, 0.1) is 18.7 Å². The Bertz CT molecular complexity index is 1510. The van der Waals surface area contributed by atoms with E-state index in [1.807, 2.05) is 19.1 Å². The molecule has 6 nitrogen and oxygen atoms in total. The predicted octanol–water partition coefficient (Wildman–Crippen LogP) is 5.58. The first-order chi connectivity index (χ1) is 17.7. The smallest absolute Gasteiger partial charge is 0.266 e. The quantitative estimate of drug-likeness (QED) is 0.178. The second-order valence-electron chi connectivity index (χ2n) is 9.26. The molecule has 0 bridgehead atoms. The number of rotatable bonds is 9. The number of carbonyl (C=O) groups excluding carboxylic acids is 2. The second-order valence-corrected chi connectivity index (χ2v) is 10.2. The molecule has 1 amide bonds. The number of aryl methyl sites for hydroxylation is 1. The minimum absolute atomic E-state index is 0.0334. The van der Waals surface area contributed by atoms with E-state index in [0.717, 1.165) is 23.7 Å². The van der Waals surface area contributed by atoms with Crippen LogP contribution >= 0.6 is 11.8 Å². The van der Waals surface area contributed by atoms with Crippen molar-refractivity contribution in [3.8, 4) is 5.69 Å². The van der Waals surface area contributed by atoms with Gasteiger partial charge in [-0.05, 0) is 55.7 Å². The summed E-state index contributed by atoms with van der Waals surface area (Å²) < 4.78 is 15.4. The summed E-state index contributed by atoms with van der Waals surface area (Å²) in [5.74, 6) is -0.372. The van der Waals surface area contributed by atoms with Crippen molar-refractivity contribution in [1.82, 2.24) is 14.9 Å². The van der Waals surface area contributed by atoms with Crippen molar-refractivity contribution in [3.05, 3.63) is 99.6 Å². The van der Waals surface area contributed by atoms with Gasteiger partial charge in [-0.1, -0.05) is 61.5 Å². The Hall–Kier alpha value is -3.78. The summed E-state index contributed by atoms with van der Waals surface area (Å²) in [6, 6.07) is 17.6. The largest absolute Gasteiger partial charge is 0.352 e. The highest BCUT2D eigenvalue weighted by Gasteiger charge is 2.17. The zero-order chi connectivity index (χ0) is 26.5. The van der Waals surface area contributed by atoms with Gasteiger partial charge in [0.15, 0.2) is 10.9 Å².